The average molecular weight is 337 g/mol. The van der Waals surface area contributed by atoms with Crippen LogP contribution in [0.2, 0.25) is 0 Å². The van der Waals surface area contributed by atoms with Gasteiger partial charge in [0, 0.05) is 18.4 Å². The molecule has 2 N–H and O–H groups in total. The number of hydrogen-bond donors (Lipinski definition) is 2. The number of carbonyl (C=O) groups excluding carboxylic acids is 1. The molecule has 2 unspecified atom stereocenters. The zero-order chi connectivity index (χ0) is 17.2. The third kappa shape index (κ3) is 3.24. The maximum absolute atomic E-state index is 12.8. The predicted octanol–water partition coefficient (Wildman–Crippen LogP) is 3.00. The minimum atomic E-state index is -0.321. The van der Waals surface area contributed by atoms with Crippen molar-refractivity contribution in [2.45, 2.75) is 44.2 Å². The molecule has 1 fully saturated rings. The summed E-state index contributed by atoms with van der Waals surface area (Å²) in [5.74, 6) is 0.700. The van der Waals surface area contributed by atoms with Crippen molar-refractivity contribution in [3.05, 3.63) is 53.7 Å². The summed E-state index contributed by atoms with van der Waals surface area (Å²) >= 11 is 0. The highest BCUT2D eigenvalue weighted by atomic mass is 16.3. The molecule has 5 heteroatoms. The lowest BCUT2D eigenvalue weighted by molar-refractivity contribution is 0.0989. The molecule has 5 nitrogen and oxygen atoms in total. The third-order valence-corrected chi connectivity index (χ3v) is 5.21. The van der Waals surface area contributed by atoms with Crippen molar-refractivity contribution in [3.63, 3.8) is 0 Å². The monoisotopic (exact) mass is 337 g/mol. The second kappa shape index (κ2) is 6.84. The van der Waals surface area contributed by atoms with E-state index in [1.807, 2.05) is 35.2 Å². The van der Waals surface area contributed by atoms with Crippen molar-refractivity contribution in [1.82, 2.24) is 4.98 Å². The molecule has 0 bridgehead atoms. The van der Waals surface area contributed by atoms with E-state index in [1.165, 1.54) is 5.56 Å². The number of nitrogens with one attached hydrogen (secondary N) is 1. The second-order valence-corrected chi connectivity index (χ2v) is 6.87. The van der Waals surface area contributed by atoms with Gasteiger partial charge in [-0.3, -0.25) is 4.79 Å². The number of nitrogens with zero attached hydrogens (tertiary/aromatic N) is 2. The fourth-order valence-electron chi connectivity index (χ4n) is 3.78. The summed E-state index contributed by atoms with van der Waals surface area (Å²) in [6.07, 6.45) is 6.20. The summed E-state index contributed by atoms with van der Waals surface area (Å²) in [4.78, 5) is 19.0. The molecular weight excluding hydrogens is 314 g/mol. The van der Waals surface area contributed by atoms with Crippen LogP contribution >= 0.6 is 0 Å². The van der Waals surface area contributed by atoms with Crippen LogP contribution in [0.4, 0.5) is 11.5 Å². The largest absolute Gasteiger partial charge is 0.391 e. The molecule has 130 valence electrons. The lowest BCUT2D eigenvalue weighted by Gasteiger charge is -2.28. The quantitative estimate of drug-likeness (QED) is 0.904. The summed E-state index contributed by atoms with van der Waals surface area (Å²) in [6.45, 7) is 0.715. The average Bonchev–Trinajstić information content (AvgIpc) is 3.08. The number of carbonyl (C=O) groups is 1. The van der Waals surface area contributed by atoms with E-state index in [0.29, 0.717) is 17.9 Å². The minimum absolute atomic E-state index is 0.0123. The van der Waals surface area contributed by atoms with Crippen LogP contribution in [0, 0.1) is 0 Å². The molecule has 2 atom stereocenters. The zero-order valence-corrected chi connectivity index (χ0v) is 14.2. The first-order valence-corrected chi connectivity index (χ1v) is 9.03. The van der Waals surface area contributed by atoms with E-state index >= 15 is 0 Å². The standard InChI is InChI=1S/C20H23N3O2/c24-18-8-4-2-6-16(18)22-19-10-9-15(13-21-19)20(25)23-12-11-14-5-1-3-7-17(14)23/h1,3,5,7,9-10,13,16,18,24H,2,4,6,8,11-12H2,(H,21,22). The van der Waals surface area contributed by atoms with Gasteiger partial charge in [-0.15, -0.1) is 0 Å². The van der Waals surface area contributed by atoms with Crippen molar-refractivity contribution in [3.8, 4) is 0 Å². The molecule has 1 amide bonds. The van der Waals surface area contributed by atoms with Gasteiger partial charge in [-0.25, -0.2) is 4.98 Å². The first-order chi connectivity index (χ1) is 12.2. The Morgan fingerprint density at radius 2 is 2.00 bits per heavy atom. The van der Waals surface area contributed by atoms with E-state index in [2.05, 4.69) is 16.4 Å². The normalized spacial score (nSPS) is 22.5. The minimum Gasteiger partial charge on any atom is -0.391 e. The summed E-state index contributed by atoms with van der Waals surface area (Å²) in [5, 5.41) is 13.4. The smallest absolute Gasteiger partial charge is 0.259 e. The molecule has 0 radical (unpaired) electrons. The maximum atomic E-state index is 12.8. The topological polar surface area (TPSA) is 65.5 Å². The van der Waals surface area contributed by atoms with Crippen molar-refractivity contribution in [2.24, 2.45) is 0 Å². The summed E-state index contributed by atoms with van der Waals surface area (Å²) in [5.41, 5.74) is 2.81. The number of hydrogen-bond acceptors (Lipinski definition) is 4. The molecule has 2 aliphatic rings. The Balaban J connectivity index is 1.46. The first kappa shape index (κ1) is 16.1. The number of pyridine rings is 1. The molecular formula is C20H23N3O2. The van der Waals surface area contributed by atoms with Crippen LogP contribution in [0.5, 0.6) is 0 Å². The van der Waals surface area contributed by atoms with Gasteiger partial charge < -0.3 is 15.3 Å². The molecule has 2 aromatic rings. The van der Waals surface area contributed by atoms with Crippen LogP contribution in [-0.2, 0) is 6.42 Å². The van der Waals surface area contributed by atoms with Gasteiger partial charge in [0.2, 0.25) is 0 Å². The number of para-hydroxylation sites is 1. The highest BCUT2D eigenvalue weighted by Gasteiger charge is 2.26. The van der Waals surface area contributed by atoms with Crippen LogP contribution < -0.4 is 10.2 Å². The van der Waals surface area contributed by atoms with Gasteiger partial charge in [-0.1, -0.05) is 31.0 Å². The van der Waals surface area contributed by atoms with Crippen LogP contribution in [0.1, 0.15) is 41.6 Å². The predicted molar refractivity (Wildman–Crippen MR) is 97.9 cm³/mol. The van der Waals surface area contributed by atoms with E-state index in [-0.39, 0.29) is 18.1 Å². The lowest BCUT2D eigenvalue weighted by Crippen LogP contribution is -2.36. The fraction of sp³-hybridized carbons (Fsp3) is 0.400. The van der Waals surface area contributed by atoms with E-state index in [4.69, 9.17) is 0 Å². The Bertz CT molecular complexity index is 760. The van der Waals surface area contributed by atoms with Gasteiger partial charge in [0.1, 0.15) is 5.82 Å². The SMILES string of the molecule is O=C(c1ccc(NC2CCCCC2O)nc1)N1CCc2ccccc21. The fourth-order valence-corrected chi connectivity index (χ4v) is 3.78. The Morgan fingerprint density at radius 3 is 2.80 bits per heavy atom. The van der Waals surface area contributed by atoms with Crippen LogP contribution in [0.25, 0.3) is 0 Å². The molecule has 4 rings (SSSR count). The van der Waals surface area contributed by atoms with Gasteiger partial charge in [0.15, 0.2) is 0 Å². The van der Waals surface area contributed by atoms with Crippen molar-refractivity contribution >= 4 is 17.4 Å². The second-order valence-electron chi connectivity index (χ2n) is 6.87. The molecule has 2 heterocycles. The van der Waals surface area contributed by atoms with Gasteiger partial charge in [-0.05, 0) is 43.0 Å². The molecule has 25 heavy (non-hydrogen) atoms. The van der Waals surface area contributed by atoms with Crippen LogP contribution in [-0.4, -0.2) is 34.7 Å². The number of aromatic nitrogens is 1. The molecule has 1 aliphatic heterocycles. The highest BCUT2D eigenvalue weighted by molar-refractivity contribution is 6.07. The van der Waals surface area contributed by atoms with E-state index < -0.39 is 0 Å². The highest BCUT2D eigenvalue weighted by Crippen LogP contribution is 2.29. The van der Waals surface area contributed by atoms with Crippen molar-refractivity contribution in [1.29, 1.82) is 0 Å². The molecule has 1 aromatic heterocycles. The molecule has 1 aliphatic carbocycles. The number of anilines is 2. The Labute approximate surface area is 147 Å². The number of aliphatic hydroxyl groups is 1. The molecule has 0 saturated heterocycles. The number of fused-ring (bicyclic) bond motifs is 1. The molecule has 1 aromatic carbocycles. The van der Waals surface area contributed by atoms with E-state index in [9.17, 15) is 9.90 Å². The van der Waals surface area contributed by atoms with E-state index in [1.54, 1.807) is 6.20 Å². The van der Waals surface area contributed by atoms with Crippen LogP contribution in [0.15, 0.2) is 42.6 Å². The van der Waals surface area contributed by atoms with Crippen LogP contribution in [0.3, 0.4) is 0 Å². The van der Waals surface area contributed by atoms with Gasteiger partial charge in [0.05, 0.1) is 17.7 Å². The number of amides is 1. The Kier molecular flexibility index (Phi) is 4.40. The zero-order valence-electron chi connectivity index (χ0n) is 14.2. The third-order valence-electron chi connectivity index (χ3n) is 5.21. The van der Waals surface area contributed by atoms with Gasteiger partial charge in [-0.2, -0.15) is 0 Å². The van der Waals surface area contributed by atoms with Gasteiger partial charge in [0.25, 0.3) is 5.91 Å². The Morgan fingerprint density at radius 1 is 1.16 bits per heavy atom. The van der Waals surface area contributed by atoms with E-state index in [0.717, 1.165) is 37.8 Å². The summed E-state index contributed by atoms with van der Waals surface area (Å²) < 4.78 is 0. The summed E-state index contributed by atoms with van der Waals surface area (Å²) in [7, 11) is 0. The Hall–Kier alpha value is -2.40. The maximum Gasteiger partial charge on any atom is 0.259 e. The molecule has 1 saturated carbocycles. The first-order valence-electron chi connectivity index (χ1n) is 9.03. The molecule has 0 spiro atoms. The van der Waals surface area contributed by atoms with Gasteiger partial charge >= 0.3 is 0 Å². The number of benzene rings is 1. The summed E-state index contributed by atoms with van der Waals surface area (Å²) in [6, 6.07) is 11.7. The van der Waals surface area contributed by atoms with Crippen molar-refractivity contribution < 1.29 is 9.90 Å². The number of aliphatic hydroxyl groups excluding tert-OH is 1. The number of rotatable bonds is 3. The lowest BCUT2D eigenvalue weighted by atomic mass is 9.92. The van der Waals surface area contributed by atoms with Crippen molar-refractivity contribution in [2.75, 3.05) is 16.8 Å².